The summed E-state index contributed by atoms with van der Waals surface area (Å²) >= 11 is 0. The predicted octanol–water partition coefficient (Wildman–Crippen LogP) is 4.10. The van der Waals surface area contributed by atoms with Crippen LogP contribution in [-0.2, 0) is 12.4 Å². The van der Waals surface area contributed by atoms with E-state index in [4.69, 9.17) is 0 Å². The Hall–Kier alpha value is -2.06. The molecule has 21 heavy (non-hydrogen) atoms. The van der Waals surface area contributed by atoms with E-state index in [-0.39, 0.29) is 17.7 Å². The monoisotopic (exact) mass is 309 g/mol. The van der Waals surface area contributed by atoms with Crippen LogP contribution in [0.15, 0.2) is 18.2 Å². The van der Waals surface area contributed by atoms with Gasteiger partial charge in [0.25, 0.3) is 0 Å². The van der Waals surface area contributed by atoms with E-state index < -0.39 is 29.3 Å². The van der Waals surface area contributed by atoms with Gasteiger partial charge in [0.2, 0.25) is 5.82 Å². The van der Waals surface area contributed by atoms with Crippen molar-refractivity contribution in [1.29, 1.82) is 0 Å². The maximum Gasteiger partial charge on any atom is 0.451 e. The second-order valence-corrected chi connectivity index (χ2v) is 4.15. The number of alkyl halides is 6. The molecule has 1 heterocycles. The summed E-state index contributed by atoms with van der Waals surface area (Å²) in [7, 11) is 0. The minimum Gasteiger partial charge on any atom is -0.370 e. The molecule has 0 fully saturated rings. The molecule has 0 saturated carbocycles. The second kappa shape index (κ2) is 5.05. The van der Waals surface area contributed by atoms with Crippen molar-refractivity contribution in [2.45, 2.75) is 19.3 Å². The van der Waals surface area contributed by atoms with Crippen molar-refractivity contribution in [3.05, 3.63) is 29.6 Å². The van der Waals surface area contributed by atoms with Crippen LogP contribution in [0.4, 0.5) is 32.2 Å². The predicted molar refractivity (Wildman–Crippen MR) is 63.7 cm³/mol. The number of benzene rings is 1. The lowest BCUT2D eigenvalue weighted by Crippen LogP contribution is -2.14. The van der Waals surface area contributed by atoms with Crippen LogP contribution in [0, 0.1) is 0 Å². The average molecular weight is 309 g/mol. The number of nitrogens with one attached hydrogen (secondary N) is 1. The number of fused-ring (bicyclic) bond motifs is 1. The Morgan fingerprint density at radius 1 is 1.00 bits per heavy atom. The molecule has 0 saturated heterocycles. The van der Waals surface area contributed by atoms with Gasteiger partial charge in [-0.15, -0.1) is 0 Å². The third-order valence-corrected chi connectivity index (χ3v) is 2.62. The van der Waals surface area contributed by atoms with Gasteiger partial charge in [0.15, 0.2) is 0 Å². The highest BCUT2D eigenvalue weighted by Crippen LogP contribution is 2.34. The number of nitrogens with zero attached hydrogens (tertiary/aromatic N) is 2. The molecular weight excluding hydrogens is 300 g/mol. The van der Waals surface area contributed by atoms with Gasteiger partial charge < -0.3 is 5.32 Å². The Balaban J connectivity index is 2.71. The summed E-state index contributed by atoms with van der Waals surface area (Å²) in [5, 5.41) is 2.68. The maximum absolute atomic E-state index is 12.7. The van der Waals surface area contributed by atoms with Gasteiger partial charge in [-0.2, -0.15) is 26.3 Å². The van der Waals surface area contributed by atoms with Crippen molar-refractivity contribution in [1.82, 2.24) is 9.97 Å². The van der Waals surface area contributed by atoms with Gasteiger partial charge in [-0.25, -0.2) is 9.97 Å². The first kappa shape index (κ1) is 15.3. The summed E-state index contributed by atoms with van der Waals surface area (Å²) in [5.41, 5.74) is -1.48. The minimum absolute atomic E-state index is 0.0952. The SMILES string of the molecule is CCNc1nc(C(F)(F)F)nc2cc(C(F)(F)F)ccc12. The molecule has 1 aromatic heterocycles. The van der Waals surface area contributed by atoms with E-state index in [0.717, 1.165) is 12.1 Å². The lowest BCUT2D eigenvalue weighted by molar-refractivity contribution is -0.144. The fourth-order valence-electron chi connectivity index (χ4n) is 1.73. The number of hydrogen-bond donors (Lipinski definition) is 1. The van der Waals surface area contributed by atoms with Crippen LogP contribution in [0.3, 0.4) is 0 Å². The van der Waals surface area contributed by atoms with Crippen molar-refractivity contribution in [3.8, 4) is 0 Å². The molecular formula is C12H9F6N3. The van der Waals surface area contributed by atoms with Crippen molar-refractivity contribution in [2.75, 3.05) is 11.9 Å². The van der Waals surface area contributed by atoms with Crippen LogP contribution in [-0.4, -0.2) is 16.5 Å². The first-order valence-corrected chi connectivity index (χ1v) is 5.83. The molecule has 0 radical (unpaired) electrons. The zero-order valence-corrected chi connectivity index (χ0v) is 10.6. The second-order valence-electron chi connectivity index (χ2n) is 4.15. The van der Waals surface area contributed by atoms with Gasteiger partial charge in [0.05, 0.1) is 11.1 Å². The zero-order valence-electron chi connectivity index (χ0n) is 10.6. The fourth-order valence-corrected chi connectivity index (χ4v) is 1.73. The molecule has 0 aliphatic heterocycles. The minimum atomic E-state index is -4.84. The molecule has 0 aliphatic rings. The number of rotatable bonds is 2. The first-order chi connectivity index (χ1) is 9.63. The van der Waals surface area contributed by atoms with E-state index in [1.54, 1.807) is 6.92 Å². The topological polar surface area (TPSA) is 37.8 Å². The summed E-state index contributed by atoms with van der Waals surface area (Å²) in [6.45, 7) is 1.90. The van der Waals surface area contributed by atoms with Gasteiger partial charge in [-0.1, -0.05) is 0 Å². The molecule has 114 valence electrons. The van der Waals surface area contributed by atoms with E-state index in [1.165, 1.54) is 0 Å². The highest BCUT2D eigenvalue weighted by atomic mass is 19.4. The number of halogens is 6. The number of anilines is 1. The third kappa shape index (κ3) is 3.17. The molecule has 0 unspecified atom stereocenters. The van der Waals surface area contributed by atoms with Crippen LogP contribution in [0.1, 0.15) is 18.3 Å². The zero-order chi connectivity index (χ0) is 15.8. The quantitative estimate of drug-likeness (QED) is 0.849. The molecule has 0 amide bonds. The van der Waals surface area contributed by atoms with Gasteiger partial charge in [-0.3, -0.25) is 0 Å². The Morgan fingerprint density at radius 3 is 2.19 bits per heavy atom. The largest absolute Gasteiger partial charge is 0.451 e. The van der Waals surface area contributed by atoms with Crippen LogP contribution in [0.2, 0.25) is 0 Å². The van der Waals surface area contributed by atoms with Gasteiger partial charge in [-0.05, 0) is 25.1 Å². The fraction of sp³-hybridized carbons (Fsp3) is 0.333. The van der Waals surface area contributed by atoms with Gasteiger partial charge in [0.1, 0.15) is 5.82 Å². The summed E-state index contributed by atoms with van der Waals surface area (Å²) in [6, 6.07) is 2.41. The maximum atomic E-state index is 12.7. The molecule has 2 rings (SSSR count). The van der Waals surface area contributed by atoms with E-state index in [1.807, 2.05) is 0 Å². The van der Waals surface area contributed by atoms with E-state index in [2.05, 4.69) is 15.3 Å². The molecule has 3 nitrogen and oxygen atoms in total. The molecule has 0 atom stereocenters. The van der Waals surface area contributed by atoms with Crippen molar-refractivity contribution in [3.63, 3.8) is 0 Å². The molecule has 0 spiro atoms. The summed E-state index contributed by atoms with van der Waals surface area (Å²) in [6.07, 6.45) is -9.50. The Labute approximate surface area is 115 Å². The molecule has 1 N–H and O–H groups in total. The summed E-state index contributed by atoms with van der Waals surface area (Å²) in [5.74, 6) is -1.63. The molecule has 0 bridgehead atoms. The Bertz CT molecular complexity index is 657. The lowest BCUT2D eigenvalue weighted by atomic mass is 10.1. The number of hydrogen-bond acceptors (Lipinski definition) is 3. The summed E-state index contributed by atoms with van der Waals surface area (Å²) in [4.78, 5) is 6.51. The van der Waals surface area contributed by atoms with E-state index >= 15 is 0 Å². The van der Waals surface area contributed by atoms with Crippen molar-refractivity contribution >= 4 is 16.7 Å². The smallest absolute Gasteiger partial charge is 0.370 e. The Kier molecular flexibility index (Phi) is 3.68. The molecule has 1 aromatic carbocycles. The third-order valence-electron chi connectivity index (χ3n) is 2.62. The van der Waals surface area contributed by atoms with Crippen LogP contribution < -0.4 is 5.32 Å². The summed E-state index contributed by atoms with van der Waals surface area (Å²) < 4.78 is 75.9. The normalized spacial score (nSPS) is 12.7. The van der Waals surface area contributed by atoms with Crippen molar-refractivity contribution in [2.24, 2.45) is 0 Å². The molecule has 9 heteroatoms. The Morgan fingerprint density at radius 2 is 1.67 bits per heavy atom. The highest BCUT2D eigenvalue weighted by molar-refractivity contribution is 5.89. The van der Waals surface area contributed by atoms with Crippen LogP contribution in [0.5, 0.6) is 0 Å². The standard InChI is InChI=1S/C12H9F6N3/c1-2-19-9-7-4-3-6(11(13,14)15)5-8(7)20-10(21-9)12(16,17)18/h3-5H,2H2,1H3,(H,19,20,21). The highest BCUT2D eigenvalue weighted by Gasteiger charge is 2.36. The van der Waals surface area contributed by atoms with E-state index in [0.29, 0.717) is 6.07 Å². The van der Waals surface area contributed by atoms with Crippen LogP contribution in [0.25, 0.3) is 10.9 Å². The number of aromatic nitrogens is 2. The average Bonchev–Trinajstić information content (AvgIpc) is 2.36. The molecule has 2 aromatic rings. The first-order valence-electron chi connectivity index (χ1n) is 5.83. The van der Waals surface area contributed by atoms with Gasteiger partial charge >= 0.3 is 12.4 Å². The van der Waals surface area contributed by atoms with Gasteiger partial charge in [0, 0.05) is 11.9 Å². The van der Waals surface area contributed by atoms with E-state index in [9.17, 15) is 26.3 Å². The molecule has 0 aliphatic carbocycles. The van der Waals surface area contributed by atoms with Crippen LogP contribution >= 0.6 is 0 Å². The lowest BCUT2D eigenvalue weighted by Gasteiger charge is -2.13. The van der Waals surface area contributed by atoms with Crippen molar-refractivity contribution < 1.29 is 26.3 Å².